The average molecular weight is 309 g/mol. The van der Waals surface area contributed by atoms with Crippen LogP contribution >= 0.6 is 0 Å². The molecule has 0 aliphatic rings. The van der Waals surface area contributed by atoms with Crippen LogP contribution in [0.25, 0.3) is 0 Å². The molecule has 1 N–H and O–H groups in total. The molecule has 0 fully saturated rings. The Balaban J connectivity index is 2.30. The molecular formula is C17H27NO4. The topological polar surface area (TPSA) is 56.8 Å². The highest BCUT2D eigenvalue weighted by Gasteiger charge is 2.19. The average Bonchev–Trinajstić information content (AvgIpc) is 2.42. The third kappa shape index (κ3) is 8.64. The molecule has 1 aromatic carbocycles. The van der Waals surface area contributed by atoms with Crippen molar-refractivity contribution in [3.05, 3.63) is 35.9 Å². The van der Waals surface area contributed by atoms with E-state index in [1.807, 2.05) is 51.1 Å². The number of methoxy groups -OCH3 is 1. The lowest BCUT2D eigenvalue weighted by atomic mass is 10.2. The van der Waals surface area contributed by atoms with Gasteiger partial charge in [-0.3, -0.25) is 0 Å². The highest BCUT2D eigenvalue weighted by atomic mass is 16.6. The molecule has 5 heteroatoms. The summed E-state index contributed by atoms with van der Waals surface area (Å²) in [5.41, 5.74) is 0.622. The van der Waals surface area contributed by atoms with Crippen LogP contribution in [0.15, 0.2) is 30.3 Å². The molecule has 5 nitrogen and oxygen atoms in total. The molecule has 0 saturated carbocycles. The Hall–Kier alpha value is -1.59. The van der Waals surface area contributed by atoms with Gasteiger partial charge < -0.3 is 19.5 Å². The molecule has 0 heterocycles. The van der Waals surface area contributed by atoms with E-state index in [2.05, 4.69) is 5.32 Å². The van der Waals surface area contributed by atoms with Gasteiger partial charge in [-0.2, -0.15) is 0 Å². The van der Waals surface area contributed by atoms with E-state index < -0.39 is 11.7 Å². The summed E-state index contributed by atoms with van der Waals surface area (Å²) >= 11 is 0. The SMILES string of the molecule is COC[C@H](CCOCc1ccccc1)NC(=O)OC(C)(C)C. The quantitative estimate of drug-likeness (QED) is 0.750. The van der Waals surface area contributed by atoms with Gasteiger partial charge in [-0.05, 0) is 32.8 Å². The van der Waals surface area contributed by atoms with Gasteiger partial charge in [-0.15, -0.1) is 0 Å². The molecule has 0 aliphatic heterocycles. The number of hydrogen-bond acceptors (Lipinski definition) is 4. The van der Waals surface area contributed by atoms with Gasteiger partial charge in [-0.25, -0.2) is 4.79 Å². The van der Waals surface area contributed by atoms with Crippen molar-refractivity contribution in [1.29, 1.82) is 0 Å². The van der Waals surface area contributed by atoms with Gasteiger partial charge >= 0.3 is 6.09 Å². The Labute approximate surface area is 132 Å². The van der Waals surface area contributed by atoms with Crippen LogP contribution in [0, 0.1) is 0 Å². The molecule has 1 atom stereocenters. The van der Waals surface area contributed by atoms with E-state index in [9.17, 15) is 4.79 Å². The monoisotopic (exact) mass is 309 g/mol. The van der Waals surface area contributed by atoms with E-state index in [0.29, 0.717) is 26.2 Å². The molecule has 1 aromatic rings. The van der Waals surface area contributed by atoms with Crippen LogP contribution in [-0.2, 0) is 20.8 Å². The van der Waals surface area contributed by atoms with Crippen molar-refractivity contribution in [3.8, 4) is 0 Å². The Kier molecular flexibility index (Phi) is 7.91. The number of amides is 1. The van der Waals surface area contributed by atoms with E-state index >= 15 is 0 Å². The normalized spacial score (nSPS) is 12.7. The van der Waals surface area contributed by atoms with Crippen LogP contribution in [0.3, 0.4) is 0 Å². The molecule has 0 spiro atoms. The smallest absolute Gasteiger partial charge is 0.407 e. The van der Waals surface area contributed by atoms with Crippen LogP contribution in [0.2, 0.25) is 0 Å². The molecule has 0 saturated heterocycles. The van der Waals surface area contributed by atoms with Crippen LogP contribution in [-0.4, -0.2) is 38.1 Å². The summed E-state index contributed by atoms with van der Waals surface area (Å²) < 4.78 is 16.0. The summed E-state index contributed by atoms with van der Waals surface area (Å²) in [6, 6.07) is 9.85. The first-order chi connectivity index (χ1) is 10.4. The number of carbonyl (C=O) groups is 1. The summed E-state index contributed by atoms with van der Waals surface area (Å²) in [5.74, 6) is 0. The van der Waals surface area contributed by atoms with Crippen LogP contribution in [0.4, 0.5) is 4.79 Å². The van der Waals surface area contributed by atoms with Crippen LogP contribution in [0.5, 0.6) is 0 Å². The summed E-state index contributed by atoms with van der Waals surface area (Å²) in [4.78, 5) is 11.8. The van der Waals surface area contributed by atoms with Gasteiger partial charge in [0.1, 0.15) is 5.60 Å². The van der Waals surface area contributed by atoms with Crippen LogP contribution < -0.4 is 5.32 Å². The number of ether oxygens (including phenoxy) is 3. The number of benzene rings is 1. The summed E-state index contributed by atoms with van der Waals surface area (Å²) in [6.07, 6.45) is 0.234. The largest absolute Gasteiger partial charge is 0.444 e. The zero-order valence-electron chi connectivity index (χ0n) is 13.9. The minimum atomic E-state index is -0.508. The summed E-state index contributed by atoms with van der Waals surface area (Å²) in [5, 5.41) is 2.81. The lowest BCUT2D eigenvalue weighted by molar-refractivity contribution is 0.0430. The first-order valence-corrected chi connectivity index (χ1v) is 7.51. The second kappa shape index (κ2) is 9.43. The van der Waals surface area contributed by atoms with Crippen LogP contribution in [0.1, 0.15) is 32.8 Å². The number of alkyl carbamates (subject to hydrolysis) is 1. The predicted octanol–water partition coefficient (Wildman–Crippen LogP) is 3.13. The first kappa shape index (κ1) is 18.5. The Morgan fingerprint density at radius 2 is 1.91 bits per heavy atom. The second-order valence-corrected chi connectivity index (χ2v) is 6.13. The van der Waals surface area contributed by atoms with Crippen molar-refractivity contribution in [2.45, 2.75) is 45.4 Å². The van der Waals surface area contributed by atoms with Gasteiger partial charge in [0.25, 0.3) is 0 Å². The van der Waals surface area contributed by atoms with Gasteiger partial charge in [0, 0.05) is 13.7 Å². The fraction of sp³-hybridized carbons (Fsp3) is 0.588. The lowest BCUT2D eigenvalue weighted by Crippen LogP contribution is -2.42. The van der Waals surface area contributed by atoms with Gasteiger partial charge in [0.2, 0.25) is 0 Å². The van der Waals surface area contributed by atoms with Crippen molar-refractivity contribution in [2.24, 2.45) is 0 Å². The fourth-order valence-corrected chi connectivity index (χ4v) is 1.86. The molecule has 0 unspecified atom stereocenters. The molecule has 0 radical (unpaired) electrons. The molecule has 1 rings (SSSR count). The van der Waals surface area contributed by atoms with E-state index in [1.165, 1.54) is 0 Å². The number of nitrogens with one attached hydrogen (secondary N) is 1. The Morgan fingerprint density at radius 3 is 2.50 bits per heavy atom. The molecular weight excluding hydrogens is 282 g/mol. The minimum Gasteiger partial charge on any atom is -0.444 e. The van der Waals surface area contributed by atoms with Crippen molar-refractivity contribution < 1.29 is 19.0 Å². The highest BCUT2D eigenvalue weighted by molar-refractivity contribution is 5.68. The van der Waals surface area contributed by atoms with Crippen molar-refractivity contribution in [3.63, 3.8) is 0 Å². The predicted molar refractivity (Wildman–Crippen MR) is 85.7 cm³/mol. The van der Waals surface area contributed by atoms with E-state index in [-0.39, 0.29) is 6.04 Å². The maximum atomic E-state index is 11.8. The van der Waals surface area contributed by atoms with Gasteiger partial charge in [0.05, 0.1) is 19.3 Å². The van der Waals surface area contributed by atoms with Gasteiger partial charge in [0.15, 0.2) is 0 Å². The highest BCUT2D eigenvalue weighted by Crippen LogP contribution is 2.08. The maximum absolute atomic E-state index is 11.8. The third-order valence-electron chi connectivity index (χ3n) is 2.81. The number of carbonyl (C=O) groups excluding carboxylic acids is 1. The molecule has 124 valence electrons. The summed E-state index contributed by atoms with van der Waals surface area (Å²) in [6.45, 7) is 7.03. The zero-order chi connectivity index (χ0) is 16.4. The summed E-state index contributed by atoms with van der Waals surface area (Å²) in [7, 11) is 1.61. The van der Waals surface area contributed by atoms with Gasteiger partial charge in [-0.1, -0.05) is 30.3 Å². The molecule has 0 bridgehead atoms. The zero-order valence-corrected chi connectivity index (χ0v) is 13.9. The lowest BCUT2D eigenvalue weighted by Gasteiger charge is -2.23. The third-order valence-corrected chi connectivity index (χ3v) is 2.81. The van der Waals surface area contributed by atoms with Crippen molar-refractivity contribution >= 4 is 6.09 Å². The Bertz CT molecular complexity index is 428. The Morgan fingerprint density at radius 1 is 1.23 bits per heavy atom. The molecule has 1 amide bonds. The minimum absolute atomic E-state index is 0.129. The molecule has 0 aliphatic carbocycles. The maximum Gasteiger partial charge on any atom is 0.407 e. The second-order valence-electron chi connectivity index (χ2n) is 6.13. The van der Waals surface area contributed by atoms with Crippen molar-refractivity contribution in [1.82, 2.24) is 5.32 Å². The molecule has 0 aromatic heterocycles. The van der Waals surface area contributed by atoms with E-state index in [0.717, 1.165) is 5.56 Å². The fourth-order valence-electron chi connectivity index (χ4n) is 1.86. The van der Waals surface area contributed by atoms with E-state index in [4.69, 9.17) is 14.2 Å². The number of hydrogen-bond donors (Lipinski definition) is 1. The standard InChI is InChI=1S/C17H27NO4/c1-17(2,3)22-16(19)18-15(13-20-4)10-11-21-12-14-8-6-5-7-9-14/h5-9,15H,10-13H2,1-4H3,(H,18,19)/t15-/m0/s1. The number of rotatable bonds is 8. The van der Waals surface area contributed by atoms with E-state index in [1.54, 1.807) is 7.11 Å². The molecule has 22 heavy (non-hydrogen) atoms. The van der Waals surface area contributed by atoms with Crippen molar-refractivity contribution in [2.75, 3.05) is 20.3 Å². The first-order valence-electron chi connectivity index (χ1n) is 7.51.